The lowest BCUT2D eigenvalue weighted by molar-refractivity contribution is -0.123. The normalized spacial score (nSPS) is 19.2. The zero-order chi connectivity index (χ0) is 21.4. The predicted molar refractivity (Wildman–Crippen MR) is 107 cm³/mol. The highest BCUT2D eigenvalue weighted by atomic mass is 35.5. The van der Waals surface area contributed by atoms with E-state index in [0.717, 1.165) is 5.56 Å². The smallest absolute Gasteiger partial charge is 0.322 e. The average Bonchev–Trinajstić information content (AvgIpc) is 2.93. The van der Waals surface area contributed by atoms with Crippen LogP contribution in [-0.4, -0.2) is 38.8 Å². The van der Waals surface area contributed by atoms with E-state index in [9.17, 15) is 18.0 Å². The van der Waals surface area contributed by atoms with Gasteiger partial charge in [0.2, 0.25) is 10.0 Å². The van der Waals surface area contributed by atoms with E-state index >= 15 is 0 Å². The average molecular weight is 438 g/mol. The molecular formula is C19H20ClN3O5S. The van der Waals surface area contributed by atoms with Crippen molar-refractivity contribution < 1.29 is 22.7 Å². The molecule has 0 radical (unpaired) electrons. The van der Waals surface area contributed by atoms with E-state index in [1.54, 1.807) is 24.3 Å². The third kappa shape index (κ3) is 3.93. The van der Waals surface area contributed by atoms with E-state index in [4.69, 9.17) is 16.3 Å². The zero-order valence-electron chi connectivity index (χ0n) is 16.0. The monoisotopic (exact) mass is 437 g/mol. The second-order valence-corrected chi connectivity index (χ2v) is 9.27. The van der Waals surface area contributed by atoms with Crippen molar-refractivity contribution in [1.82, 2.24) is 14.9 Å². The van der Waals surface area contributed by atoms with Crippen LogP contribution < -0.4 is 15.4 Å². The number of rotatable bonds is 6. The van der Waals surface area contributed by atoms with Gasteiger partial charge in [-0.15, -0.1) is 0 Å². The van der Waals surface area contributed by atoms with Crippen molar-refractivity contribution in [3.8, 4) is 5.75 Å². The molecule has 154 valence electrons. The number of halogens is 1. The Kier molecular flexibility index (Phi) is 5.57. The van der Waals surface area contributed by atoms with Crippen molar-refractivity contribution in [2.75, 3.05) is 14.2 Å². The van der Waals surface area contributed by atoms with E-state index in [1.165, 1.54) is 43.6 Å². The minimum Gasteiger partial charge on any atom is -0.496 e. The molecule has 1 heterocycles. The second-order valence-electron chi connectivity index (χ2n) is 6.79. The lowest BCUT2D eigenvalue weighted by atomic mass is 9.91. The Morgan fingerprint density at radius 2 is 1.90 bits per heavy atom. The Balaban J connectivity index is 2.00. The Morgan fingerprint density at radius 3 is 2.48 bits per heavy atom. The molecule has 29 heavy (non-hydrogen) atoms. The molecule has 1 saturated heterocycles. The summed E-state index contributed by atoms with van der Waals surface area (Å²) in [5.74, 6) is -0.316. The molecular weight excluding hydrogens is 418 g/mol. The number of sulfonamides is 1. The van der Waals surface area contributed by atoms with Gasteiger partial charge in [-0.2, -0.15) is 4.31 Å². The maximum atomic E-state index is 13.1. The summed E-state index contributed by atoms with van der Waals surface area (Å²) in [6, 6.07) is 10.4. The molecule has 0 aliphatic carbocycles. The minimum absolute atomic E-state index is 0.0343. The van der Waals surface area contributed by atoms with Crippen molar-refractivity contribution in [2.24, 2.45) is 0 Å². The summed E-state index contributed by atoms with van der Waals surface area (Å²) in [6.45, 7) is 1.59. The summed E-state index contributed by atoms with van der Waals surface area (Å²) in [5, 5.41) is 5.19. The Morgan fingerprint density at radius 1 is 1.17 bits per heavy atom. The molecule has 1 aliphatic heterocycles. The van der Waals surface area contributed by atoms with Crippen LogP contribution in [0.15, 0.2) is 47.4 Å². The fourth-order valence-corrected chi connectivity index (χ4v) is 4.53. The largest absolute Gasteiger partial charge is 0.496 e. The standard InChI is InChI=1S/C19H20ClN3O5S/c1-19(17(24)21-18(25)22-19)15-10-14(7-8-16(15)28-3)29(26,27)23(2)11-12-5-4-6-13(20)9-12/h4-10H,11H2,1-3H3,(H2,21,22,24,25)/t19-/m1/s1. The summed E-state index contributed by atoms with van der Waals surface area (Å²) in [6.07, 6.45) is 0. The van der Waals surface area contributed by atoms with Gasteiger partial charge in [0.25, 0.3) is 5.91 Å². The van der Waals surface area contributed by atoms with Crippen LogP contribution in [0.2, 0.25) is 5.02 Å². The topological polar surface area (TPSA) is 105 Å². The summed E-state index contributed by atoms with van der Waals surface area (Å²) >= 11 is 5.97. The third-order valence-corrected chi connectivity index (χ3v) is 6.79. The number of nitrogens with zero attached hydrogens (tertiary/aromatic N) is 1. The molecule has 1 atom stereocenters. The molecule has 1 fully saturated rings. The van der Waals surface area contributed by atoms with Crippen molar-refractivity contribution in [2.45, 2.75) is 23.9 Å². The van der Waals surface area contributed by atoms with E-state index in [2.05, 4.69) is 10.6 Å². The molecule has 0 unspecified atom stereocenters. The van der Waals surface area contributed by atoms with E-state index in [1.807, 2.05) is 0 Å². The number of hydrogen-bond acceptors (Lipinski definition) is 5. The summed E-state index contributed by atoms with van der Waals surface area (Å²) < 4.78 is 32.7. The van der Waals surface area contributed by atoms with Gasteiger partial charge >= 0.3 is 6.03 Å². The SMILES string of the molecule is COc1ccc(S(=O)(=O)N(C)Cc2cccc(Cl)c2)cc1[C@@]1(C)NC(=O)NC1=O. The maximum Gasteiger partial charge on any atom is 0.322 e. The van der Waals surface area contributed by atoms with Gasteiger partial charge in [-0.3, -0.25) is 10.1 Å². The van der Waals surface area contributed by atoms with Gasteiger partial charge in [0.15, 0.2) is 0 Å². The molecule has 2 aromatic rings. The molecule has 10 heteroatoms. The number of methoxy groups -OCH3 is 1. The molecule has 0 bridgehead atoms. The van der Waals surface area contributed by atoms with Gasteiger partial charge in [-0.25, -0.2) is 13.2 Å². The molecule has 3 rings (SSSR count). The Bertz CT molecular complexity index is 1090. The number of urea groups is 1. The van der Waals surface area contributed by atoms with Gasteiger partial charge in [-0.05, 0) is 42.8 Å². The highest BCUT2D eigenvalue weighted by molar-refractivity contribution is 7.89. The van der Waals surface area contributed by atoms with Gasteiger partial charge < -0.3 is 10.1 Å². The van der Waals surface area contributed by atoms with Crippen LogP contribution in [0.4, 0.5) is 4.79 Å². The summed E-state index contributed by atoms with van der Waals surface area (Å²) in [7, 11) is -1.05. The van der Waals surface area contributed by atoms with Gasteiger partial charge in [0.1, 0.15) is 11.3 Å². The maximum absolute atomic E-state index is 13.1. The lowest BCUT2D eigenvalue weighted by Gasteiger charge is -2.25. The molecule has 2 aromatic carbocycles. The number of hydrogen-bond donors (Lipinski definition) is 2. The highest BCUT2D eigenvalue weighted by Gasteiger charge is 2.45. The molecule has 3 amide bonds. The van der Waals surface area contributed by atoms with E-state index in [-0.39, 0.29) is 22.8 Å². The molecule has 0 spiro atoms. The van der Waals surface area contributed by atoms with Gasteiger partial charge in [0, 0.05) is 24.2 Å². The number of ether oxygens (including phenoxy) is 1. The number of amides is 3. The fourth-order valence-electron chi connectivity index (χ4n) is 3.13. The molecule has 2 N–H and O–H groups in total. The predicted octanol–water partition coefficient (Wildman–Crippen LogP) is 2.22. The van der Waals surface area contributed by atoms with Crippen LogP contribution in [0.25, 0.3) is 0 Å². The van der Waals surface area contributed by atoms with Crippen LogP contribution in [0.5, 0.6) is 5.75 Å². The zero-order valence-corrected chi connectivity index (χ0v) is 17.6. The van der Waals surface area contributed by atoms with Crippen LogP contribution in [0.1, 0.15) is 18.1 Å². The Labute approximate surface area is 173 Å². The number of benzene rings is 2. The van der Waals surface area contributed by atoms with E-state index < -0.39 is 27.5 Å². The summed E-state index contributed by atoms with van der Waals surface area (Å²) in [5.41, 5.74) is -0.494. The first kappa shape index (κ1) is 21.1. The first-order valence-electron chi connectivity index (χ1n) is 8.61. The number of nitrogens with one attached hydrogen (secondary N) is 2. The second kappa shape index (κ2) is 7.66. The number of imide groups is 1. The quantitative estimate of drug-likeness (QED) is 0.674. The van der Waals surface area contributed by atoms with Crippen molar-refractivity contribution in [3.63, 3.8) is 0 Å². The van der Waals surface area contributed by atoms with Crippen molar-refractivity contribution in [1.29, 1.82) is 0 Å². The minimum atomic E-state index is -3.89. The molecule has 0 saturated carbocycles. The van der Waals surface area contributed by atoms with Crippen LogP contribution >= 0.6 is 11.6 Å². The van der Waals surface area contributed by atoms with E-state index in [0.29, 0.717) is 5.02 Å². The first-order chi connectivity index (χ1) is 13.6. The molecule has 8 nitrogen and oxygen atoms in total. The fraction of sp³-hybridized carbons (Fsp3) is 0.263. The number of carbonyl (C=O) groups is 2. The first-order valence-corrected chi connectivity index (χ1v) is 10.4. The highest BCUT2D eigenvalue weighted by Crippen LogP contribution is 2.34. The van der Waals surface area contributed by atoms with Gasteiger partial charge in [-0.1, -0.05) is 23.7 Å². The molecule has 1 aliphatic rings. The van der Waals surface area contributed by atoms with Gasteiger partial charge in [0.05, 0.1) is 12.0 Å². The van der Waals surface area contributed by atoms with Crippen molar-refractivity contribution in [3.05, 3.63) is 58.6 Å². The number of carbonyl (C=O) groups excluding carboxylic acids is 2. The molecule has 0 aromatic heterocycles. The Hall–Kier alpha value is -2.62. The third-order valence-electron chi connectivity index (χ3n) is 4.76. The van der Waals surface area contributed by atoms with Crippen LogP contribution in [0.3, 0.4) is 0 Å². The lowest BCUT2D eigenvalue weighted by Crippen LogP contribution is -2.41. The van der Waals surface area contributed by atoms with Crippen molar-refractivity contribution >= 4 is 33.6 Å². The summed E-state index contributed by atoms with van der Waals surface area (Å²) in [4.78, 5) is 23.9. The van der Waals surface area contributed by atoms with Crippen LogP contribution in [0, 0.1) is 0 Å². The van der Waals surface area contributed by atoms with Crippen LogP contribution in [-0.2, 0) is 26.9 Å².